The lowest BCUT2D eigenvalue weighted by atomic mass is 10.2. The van der Waals surface area contributed by atoms with Crippen LogP contribution >= 0.6 is 0 Å². The first kappa shape index (κ1) is 13.8. The van der Waals surface area contributed by atoms with Gasteiger partial charge in [-0.25, -0.2) is 4.79 Å². The first-order chi connectivity index (χ1) is 9.45. The molecule has 0 aliphatic rings. The van der Waals surface area contributed by atoms with Crippen molar-refractivity contribution in [3.63, 3.8) is 0 Å². The molecule has 0 saturated heterocycles. The van der Waals surface area contributed by atoms with Crippen LogP contribution in [0.15, 0.2) is 12.3 Å². The predicted octanol–water partition coefficient (Wildman–Crippen LogP) is 0.501. The zero-order valence-corrected chi connectivity index (χ0v) is 11.7. The lowest BCUT2D eigenvalue weighted by Crippen LogP contribution is -2.19. The number of nitrogens with zero attached hydrogens (tertiary/aromatic N) is 4. The number of rotatable bonds is 3. The number of hydrogen-bond acceptors (Lipinski definition) is 5. The molecular weight excluding hydrogens is 262 g/mol. The van der Waals surface area contributed by atoms with Crippen molar-refractivity contribution >= 4 is 17.6 Å². The summed E-state index contributed by atoms with van der Waals surface area (Å²) < 4.78 is 7.52. The Bertz CT molecular complexity index is 671. The second-order valence-corrected chi connectivity index (χ2v) is 4.22. The molecular formula is C12H15N5O3. The van der Waals surface area contributed by atoms with Crippen LogP contribution in [-0.2, 0) is 18.8 Å². The van der Waals surface area contributed by atoms with Gasteiger partial charge in [-0.1, -0.05) is 0 Å². The highest BCUT2D eigenvalue weighted by Crippen LogP contribution is 2.21. The molecule has 0 atom stereocenters. The third kappa shape index (κ3) is 2.27. The molecule has 2 aromatic rings. The van der Waals surface area contributed by atoms with Gasteiger partial charge in [0.2, 0.25) is 0 Å². The van der Waals surface area contributed by atoms with Crippen molar-refractivity contribution in [2.45, 2.75) is 6.92 Å². The van der Waals surface area contributed by atoms with Crippen molar-refractivity contribution in [2.24, 2.45) is 14.1 Å². The maximum absolute atomic E-state index is 12.2. The lowest BCUT2D eigenvalue weighted by Gasteiger charge is -2.07. The van der Waals surface area contributed by atoms with Crippen LogP contribution in [0.1, 0.15) is 26.7 Å². The Labute approximate surface area is 115 Å². The fourth-order valence-electron chi connectivity index (χ4n) is 1.91. The van der Waals surface area contributed by atoms with E-state index in [0.717, 1.165) is 0 Å². The van der Waals surface area contributed by atoms with Crippen LogP contribution in [0.25, 0.3) is 0 Å². The summed E-state index contributed by atoms with van der Waals surface area (Å²) in [6.07, 6.45) is 1.52. The first-order valence-electron chi connectivity index (χ1n) is 5.87. The molecule has 0 radical (unpaired) electrons. The van der Waals surface area contributed by atoms with E-state index in [1.165, 1.54) is 22.7 Å². The van der Waals surface area contributed by atoms with Crippen molar-refractivity contribution in [1.29, 1.82) is 0 Å². The van der Waals surface area contributed by atoms with E-state index in [2.05, 4.69) is 15.5 Å². The Hall–Kier alpha value is -2.64. The molecule has 2 aromatic heterocycles. The van der Waals surface area contributed by atoms with Crippen molar-refractivity contribution < 1.29 is 14.3 Å². The van der Waals surface area contributed by atoms with Crippen molar-refractivity contribution in [1.82, 2.24) is 19.6 Å². The fourth-order valence-corrected chi connectivity index (χ4v) is 1.91. The molecule has 0 spiro atoms. The summed E-state index contributed by atoms with van der Waals surface area (Å²) in [5, 5.41) is 10.7. The van der Waals surface area contributed by atoms with E-state index in [0.29, 0.717) is 17.1 Å². The van der Waals surface area contributed by atoms with Crippen molar-refractivity contribution in [3.8, 4) is 0 Å². The molecule has 106 valence electrons. The summed E-state index contributed by atoms with van der Waals surface area (Å²) >= 11 is 0. The molecule has 0 aliphatic carbocycles. The summed E-state index contributed by atoms with van der Waals surface area (Å²) in [5.41, 5.74) is 1.44. The normalized spacial score (nSPS) is 10.4. The van der Waals surface area contributed by atoms with Crippen LogP contribution in [0, 0.1) is 6.92 Å². The average molecular weight is 277 g/mol. The number of methoxy groups -OCH3 is 1. The van der Waals surface area contributed by atoms with Crippen LogP contribution in [-0.4, -0.2) is 38.5 Å². The number of carbonyl (C=O) groups excluding carboxylic acids is 2. The van der Waals surface area contributed by atoms with Gasteiger partial charge in [0.25, 0.3) is 5.91 Å². The van der Waals surface area contributed by atoms with Gasteiger partial charge in [0.05, 0.1) is 18.5 Å². The number of ether oxygens (including phenoxy) is 1. The molecule has 0 bridgehead atoms. The maximum Gasteiger partial charge on any atom is 0.358 e. The molecule has 1 N–H and O–H groups in total. The lowest BCUT2D eigenvalue weighted by molar-refractivity contribution is 0.0589. The summed E-state index contributed by atoms with van der Waals surface area (Å²) in [4.78, 5) is 23.9. The monoisotopic (exact) mass is 277 g/mol. The Morgan fingerprint density at radius 2 is 2.00 bits per heavy atom. The molecule has 8 heteroatoms. The van der Waals surface area contributed by atoms with Crippen LogP contribution in [0.5, 0.6) is 0 Å². The van der Waals surface area contributed by atoms with Gasteiger partial charge in [-0.2, -0.15) is 10.2 Å². The Morgan fingerprint density at radius 1 is 1.30 bits per heavy atom. The van der Waals surface area contributed by atoms with E-state index in [9.17, 15) is 9.59 Å². The highest BCUT2D eigenvalue weighted by molar-refractivity contribution is 6.07. The molecule has 2 heterocycles. The average Bonchev–Trinajstić information content (AvgIpc) is 2.93. The largest absolute Gasteiger partial charge is 0.464 e. The van der Waals surface area contributed by atoms with Gasteiger partial charge in [-0.05, 0) is 13.0 Å². The minimum Gasteiger partial charge on any atom is -0.464 e. The Morgan fingerprint density at radius 3 is 2.55 bits per heavy atom. The number of aryl methyl sites for hydroxylation is 3. The van der Waals surface area contributed by atoms with Crippen LogP contribution in [0.2, 0.25) is 0 Å². The second kappa shape index (κ2) is 5.16. The summed E-state index contributed by atoms with van der Waals surface area (Å²) in [7, 11) is 4.54. The number of aromatic nitrogens is 4. The Balaban J connectivity index is 2.37. The number of hydrogen-bond donors (Lipinski definition) is 1. The fraction of sp³-hybridized carbons (Fsp3) is 0.333. The number of carbonyl (C=O) groups is 2. The van der Waals surface area contributed by atoms with E-state index in [1.54, 1.807) is 27.1 Å². The minimum absolute atomic E-state index is 0.195. The zero-order chi connectivity index (χ0) is 14.9. The highest BCUT2D eigenvalue weighted by Gasteiger charge is 2.23. The molecule has 20 heavy (non-hydrogen) atoms. The number of anilines is 1. The molecule has 0 saturated carbocycles. The summed E-state index contributed by atoms with van der Waals surface area (Å²) in [6.45, 7) is 1.70. The van der Waals surface area contributed by atoms with Crippen molar-refractivity contribution in [2.75, 3.05) is 12.4 Å². The topological polar surface area (TPSA) is 91.0 Å². The van der Waals surface area contributed by atoms with E-state index in [4.69, 9.17) is 4.74 Å². The Kier molecular flexibility index (Phi) is 3.55. The number of esters is 1. The van der Waals surface area contributed by atoms with E-state index >= 15 is 0 Å². The van der Waals surface area contributed by atoms with Crippen LogP contribution in [0.4, 0.5) is 5.69 Å². The minimum atomic E-state index is -0.562. The van der Waals surface area contributed by atoms with E-state index in [1.807, 2.05) is 0 Å². The predicted molar refractivity (Wildman–Crippen MR) is 70.4 cm³/mol. The molecule has 0 aromatic carbocycles. The maximum atomic E-state index is 12.2. The van der Waals surface area contributed by atoms with Gasteiger partial charge in [0.1, 0.15) is 5.69 Å². The number of amides is 1. The molecule has 0 fully saturated rings. The highest BCUT2D eigenvalue weighted by atomic mass is 16.5. The molecule has 1 amide bonds. The summed E-state index contributed by atoms with van der Waals surface area (Å²) in [6, 6.07) is 1.58. The smallest absolute Gasteiger partial charge is 0.358 e. The zero-order valence-electron chi connectivity index (χ0n) is 11.7. The molecule has 2 rings (SSSR count). The van der Waals surface area contributed by atoms with Gasteiger partial charge >= 0.3 is 5.97 Å². The quantitative estimate of drug-likeness (QED) is 0.825. The molecule has 8 nitrogen and oxygen atoms in total. The van der Waals surface area contributed by atoms with Crippen LogP contribution in [0.3, 0.4) is 0 Å². The summed E-state index contributed by atoms with van der Waals surface area (Å²) in [5.74, 6) is -0.931. The molecule has 0 unspecified atom stereocenters. The van der Waals surface area contributed by atoms with Gasteiger partial charge in [0.15, 0.2) is 5.69 Å². The SMILES string of the molecule is COC(=O)c1c(NC(=O)c2ccnn2C)c(C)nn1C. The standard InChI is InChI=1S/C12H15N5O3/c1-7-9(10(12(19)20-4)17(3)15-7)14-11(18)8-5-6-13-16(8)2/h5-6H,1-4H3,(H,14,18). The van der Waals surface area contributed by atoms with Crippen molar-refractivity contribution in [3.05, 3.63) is 29.3 Å². The van der Waals surface area contributed by atoms with E-state index < -0.39 is 5.97 Å². The van der Waals surface area contributed by atoms with Gasteiger partial charge in [-0.3, -0.25) is 14.2 Å². The molecule has 0 aliphatic heterocycles. The van der Waals surface area contributed by atoms with Gasteiger partial charge in [0, 0.05) is 20.3 Å². The van der Waals surface area contributed by atoms with Crippen LogP contribution < -0.4 is 5.32 Å². The van der Waals surface area contributed by atoms with Gasteiger partial charge in [-0.15, -0.1) is 0 Å². The third-order valence-corrected chi connectivity index (χ3v) is 2.89. The van der Waals surface area contributed by atoms with Gasteiger partial charge < -0.3 is 10.1 Å². The number of nitrogens with one attached hydrogen (secondary N) is 1. The van der Waals surface area contributed by atoms with E-state index in [-0.39, 0.29) is 11.6 Å². The third-order valence-electron chi connectivity index (χ3n) is 2.89. The second-order valence-electron chi connectivity index (χ2n) is 4.22. The first-order valence-corrected chi connectivity index (χ1v) is 5.87.